The lowest BCUT2D eigenvalue weighted by Gasteiger charge is -2.09. The maximum absolute atomic E-state index is 6.19. The maximum Gasteiger partial charge on any atom is 0.190 e. The molecule has 7 heteroatoms. The van der Waals surface area contributed by atoms with E-state index >= 15 is 0 Å². The van der Waals surface area contributed by atoms with Crippen molar-refractivity contribution in [2.45, 2.75) is 12.1 Å². The van der Waals surface area contributed by atoms with Gasteiger partial charge in [0.1, 0.15) is 10.9 Å². The van der Waals surface area contributed by atoms with E-state index in [1.165, 1.54) is 11.8 Å². The van der Waals surface area contributed by atoms with Gasteiger partial charge in [0, 0.05) is 0 Å². The highest BCUT2D eigenvalue weighted by Crippen LogP contribution is 2.27. The molecule has 3 rings (SSSR count). The molecule has 0 saturated carbocycles. The smallest absolute Gasteiger partial charge is 0.190 e. The van der Waals surface area contributed by atoms with Crippen LogP contribution in [0.1, 0.15) is 5.56 Å². The summed E-state index contributed by atoms with van der Waals surface area (Å²) in [6, 6.07) is 5.81. The van der Waals surface area contributed by atoms with Crippen LogP contribution in [0, 0.1) is 6.92 Å². The fourth-order valence-electron chi connectivity index (χ4n) is 2.12. The van der Waals surface area contributed by atoms with Crippen molar-refractivity contribution in [3.63, 3.8) is 0 Å². The van der Waals surface area contributed by atoms with Crippen molar-refractivity contribution in [2.24, 2.45) is 0 Å². The summed E-state index contributed by atoms with van der Waals surface area (Å²) < 4.78 is 7.01. The van der Waals surface area contributed by atoms with Crippen LogP contribution in [0.5, 0.6) is 5.75 Å². The van der Waals surface area contributed by atoms with E-state index in [9.17, 15) is 0 Å². The van der Waals surface area contributed by atoms with Gasteiger partial charge in [-0.25, -0.2) is 14.6 Å². The number of nitrogens with zero attached hydrogens (tertiary/aromatic N) is 4. The number of methoxy groups -OCH3 is 1. The molecule has 0 saturated heterocycles. The fourth-order valence-corrected chi connectivity index (χ4v) is 2.74. The van der Waals surface area contributed by atoms with Crippen LogP contribution < -0.4 is 4.74 Å². The molecule has 0 atom stereocenters. The monoisotopic (exact) mass is 320 g/mol. The van der Waals surface area contributed by atoms with Gasteiger partial charge in [0.15, 0.2) is 10.8 Å². The molecule has 5 nitrogen and oxygen atoms in total. The molecular formula is C14H13ClN4OS. The van der Waals surface area contributed by atoms with Crippen LogP contribution in [-0.2, 0) is 0 Å². The third-order valence-electron chi connectivity index (χ3n) is 3.18. The van der Waals surface area contributed by atoms with E-state index < -0.39 is 0 Å². The van der Waals surface area contributed by atoms with Gasteiger partial charge < -0.3 is 4.74 Å². The average Bonchev–Trinajstić information content (AvgIpc) is 2.91. The summed E-state index contributed by atoms with van der Waals surface area (Å²) in [6.07, 6.45) is 3.60. The number of benzene rings is 1. The number of rotatable bonds is 3. The third kappa shape index (κ3) is 2.45. The van der Waals surface area contributed by atoms with E-state index in [4.69, 9.17) is 16.3 Å². The molecule has 0 spiro atoms. The van der Waals surface area contributed by atoms with E-state index in [-0.39, 0.29) is 0 Å². The lowest BCUT2D eigenvalue weighted by Crippen LogP contribution is -2.01. The minimum absolute atomic E-state index is 0.418. The van der Waals surface area contributed by atoms with Crippen molar-refractivity contribution in [1.29, 1.82) is 0 Å². The summed E-state index contributed by atoms with van der Waals surface area (Å²) in [6.45, 7) is 2.00. The first-order valence-electron chi connectivity index (χ1n) is 6.24. The van der Waals surface area contributed by atoms with Crippen LogP contribution >= 0.6 is 23.4 Å². The molecule has 0 N–H and O–H groups in total. The van der Waals surface area contributed by atoms with E-state index in [0.717, 1.165) is 22.4 Å². The van der Waals surface area contributed by atoms with Crippen LogP contribution in [0.3, 0.4) is 0 Å². The largest absolute Gasteiger partial charge is 0.497 e. The lowest BCUT2D eigenvalue weighted by atomic mass is 10.2. The Balaban J connectivity index is 2.23. The van der Waals surface area contributed by atoms with Crippen LogP contribution in [0.4, 0.5) is 0 Å². The Morgan fingerprint density at radius 3 is 2.76 bits per heavy atom. The normalized spacial score (nSPS) is 11.0. The van der Waals surface area contributed by atoms with Crippen molar-refractivity contribution < 1.29 is 4.74 Å². The second kappa shape index (κ2) is 5.54. The molecule has 0 radical (unpaired) electrons. The Kier molecular flexibility index (Phi) is 3.73. The Hall–Kier alpha value is -1.79. The van der Waals surface area contributed by atoms with Crippen molar-refractivity contribution in [2.75, 3.05) is 13.4 Å². The average molecular weight is 321 g/mol. The topological polar surface area (TPSA) is 52.8 Å². The number of aromatic nitrogens is 4. The van der Waals surface area contributed by atoms with Gasteiger partial charge in [0.05, 0.1) is 24.4 Å². The van der Waals surface area contributed by atoms with E-state index in [1.807, 2.05) is 31.4 Å². The molecule has 0 bridgehead atoms. The Morgan fingerprint density at radius 1 is 1.29 bits per heavy atom. The predicted molar refractivity (Wildman–Crippen MR) is 84.7 cm³/mol. The molecule has 108 valence electrons. The highest BCUT2D eigenvalue weighted by molar-refractivity contribution is 7.98. The number of hydrogen-bond donors (Lipinski definition) is 0. The second-order valence-corrected chi connectivity index (χ2v) is 5.58. The van der Waals surface area contributed by atoms with Crippen LogP contribution in [0.2, 0.25) is 5.15 Å². The second-order valence-electron chi connectivity index (χ2n) is 4.45. The number of halogens is 1. The molecule has 0 aliphatic carbocycles. The first kappa shape index (κ1) is 14.2. The maximum atomic E-state index is 6.19. The molecule has 2 heterocycles. The Labute approximate surface area is 131 Å². The third-order valence-corrected chi connectivity index (χ3v) is 4.01. The van der Waals surface area contributed by atoms with Gasteiger partial charge in [-0.15, -0.1) is 0 Å². The molecule has 0 aliphatic rings. The SMILES string of the molecule is COc1ccc(-n2ncc3c(Cl)nc(SC)nc32)c(C)c1. The Morgan fingerprint density at radius 2 is 2.10 bits per heavy atom. The summed E-state index contributed by atoms with van der Waals surface area (Å²) in [7, 11) is 1.65. The van der Waals surface area contributed by atoms with E-state index in [2.05, 4.69) is 15.1 Å². The molecule has 0 aliphatic heterocycles. The van der Waals surface area contributed by atoms with Crippen LogP contribution in [-0.4, -0.2) is 33.1 Å². The minimum Gasteiger partial charge on any atom is -0.497 e. The van der Waals surface area contributed by atoms with Gasteiger partial charge in [0.25, 0.3) is 0 Å². The van der Waals surface area contributed by atoms with Gasteiger partial charge in [-0.1, -0.05) is 23.4 Å². The predicted octanol–water partition coefficient (Wildman–Crippen LogP) is 3.51. The highest BCUT2D eigenvalue weighted by Gasteiger charge is 2.14. The number of thioether (sulfide) groups is 1. The van der Waals surface area contributed by atoms with Crippen molar-refractivity contribution in [3.05, 3.63) is 35.1 Å². The first-order valence-corrected chi connectivity index (χ1v) is 7.84. The standard InChI is InChI=1S/C14H13ClN4OS/c1-8-6-9(20-2)4-5-11(8)19-13-10(7-16-19)12(15)17-14(18-13)21-3/h4-7H,1-3H3. The zero-order valence-corrected chi connectivity index (χ0v) is 13.4. The molecule has 2 aromatic heterocycles. The van der Waals surface area contributed by atoms with Crippen molar-refractivity contribution >= 4 is 34.4 Å². The molecule has 0 unspecified atom stereocenters. The number of fused-ring (bicyclic) bond motifs is 1. The van der Waals surface area contributed by atoms with Crippen molar-refractivity contribution in [3.8, 4) is 11.4 Å². The molecule has 3 aromatic rings. The van der Waals surface area contributed by atoms with Gasteiger partial charge in [-0.3, -0.25) is 0 Å². The first-order chi connectivity index (χ1) is 10.1. The molecule has 21 heavy (non-hydrogen) atoms. The molecule has 1 aromatic carbocycles. The molecule has 0 amide bonds. The summed E-state index contributed by atoms with van der Waals surface area (Å²) in [5, 5.41) is 6.18. The van der Waals surface area contributed by atoms with Gasteiger partial charge in [-0.05, 0) is 36.9 Å². The van der Waals surface area contributed by atoms with Crippen LogP contribution in [0.25, 0.3) is 16.7 Å². The van der Waals surface area contributed by atoms with Crippen LogP contribution in [0.15, 0.2) is 29.6 Å². The van der Waals surface area contributed by atoms with Gasteiger partial charge >= 0.3 is 0 Å². The summed E-state index contributed by atoms with van der Waals surface area (Å²) in [5.74, 6) is 0.810. The van der Waals surface area contributed by atoms with Crippen molar-refractivity contribution in [1.82, 2.24) is 19.7 Å². The van der Waals surface area contributed by atoms with E-state index in [1.54, 1.807) is 18.0 Å². The number of ether oxygens (including phenoxy) is 1. The minimum atomic E-state index is 0.418. The number of aryl methyl sites for hydroxylation is 1. The Bertz CT molecular complexity index is 818. The summed E-state index contributed by atoms with van der Waals surface area (Å²) in [5.41, 5.74) is 2.68. The number of hydrogen-bond acceptors (Lipinski definition) is 5. The zero-order chi connectivity index (χ0) is 15.0. The molecule has 0 fully saturated rings. The van der Waals surface area contributed by atoms with Gasteiger partial charge in [-0.2, -0.15) is 5.10 Å². The van der Waals surface area contributed by atoms with E-state index in [0.29, 0.717) is 16.0 Å². The summed E-state index contributed by atoms with van der Waals surface area (Å²) in [4.78, 5) is 8.73. The lowest BCUT2D eigenvalue weighted by molar-refractivity contribution is 0.414. The van der Waals surface area contributed by atoms with Gasteiger partial charge in [0.2, 0.25) is 0 Å². The quantitative estimate of drug-likeness (QED) is 0.420. The molecular weight excluding hydrogens is 308 g/mol. The summed E-state index contributed by atoms with van der Waals surface area (Å²) >= 11 is 7.64. The fraction of sp³-hybridized carbons (Fsp3) is 0.214. The zero-order valence-electron chi connectivity index (χ0n) is 11.8. The highest BCUT2D eigenvalue weighted by atomic mass is 35.5.